The maximum atomic E-state index is 11.5. The topological polar surface area (TPSA) is 98.9 Å². The van der Waals surface area contributed by atoms with Gasteiger partial charge in [-0.15, -0.1) is 12.4 Å². The second-order valence-electron chi connectivity index (χ2n) is 4.51. The summed E-state index contributed by atoms with van der Waals surface area (Å²) in [5, 5.41) is 18.8. The molecular formula is C12H15ClN4O2. The molecule has 19 heavy (non-hydrogen) atoms. The van der Waals surface area contributed by atoms with Crippen LogP contribution in [0.5, 0.6) is 0 Å². The van der Waals surface area contributed by atoms with Crippen molar-refractivity contribution in [2.75, 3.05) is 0 Å². The van der Waals surface area contributed by atoms with Crippen LogP contribution in [0.3, 0.4) is 0 Å². The average Bonchev–Trinajstić information content (AvgIpc) is 2.26. The van der Waals surface area contributed by atoms with Crippen molar-refractivity contribution in [1.29, 1.82) is 10.7 Å². The standard InChI is InChI=1S/C12H14N4O2.ClH/c1-12(2,3)18-11(17)16-10(14)9-8(7-13)5-4-6-15-9;/h4-6H,1-3H3,(H2,14,16,17);1H. The molecule has 1 aromatic rings. The van der Waals surface area contributed by atoms with Crippen LogP contribution >= 0.6 is 12.4 Å². The zero-order valence-electron chi connectivity index (χ0n) is 10.9. The van der Waals surface area contributed by atoms with Crippen molar-refractivity contribution in [1.82, 2.24) is 10.3 Å². The number of nitrogens with one attached hydrogen (secondary N) is 2. The lowest BCUT2D eigenvalue weighted by molar-refractivity contribution is 0.0563. The highest BCUT2D eigenvalue weighted by Crippen LogP contribution is 2.07. The normalized spacial score (nSPS) is 9.79. The number of ether oxygens (including phenoxy) is 1. The fraction of sp³-hybridized carbons (Fsp3) is 0.333. The number of nitriles is 1. The van der Waals surface area contributed by atoms with Crippen molar-refractivity contribution in [3.05, 3.63) is 29.6 Å². The molecule has 0 aliphatic heterocycles. The Morgan fingerprint density at radius 2 is 2.16 bits per heavy atom. The summed E-state index contributed by atoms with van der Waals surface area (Å²) in [5.74, 6) is -0.263. The lowest BCUT2D eigenvalue weighted by Gasteiger charge is -2.19. The molecule has 102 valence electrons. The molecule has 0 unspecified atom stereocenters. The van der Waals surface area contributed by atoms with E-state index in [2.05, 4.69) is 10.3 Å². The third-order valence-corrected chi connectivity index (χ3v) is 1.79. The molecule has 0 aliphatic carbocycles. The Bertz CT molecular complexity index is 517. The van der Waals surface area contributed by atoms with E-state index in [1.165, 1.54) is 12.3 Å². The summed E-state index contributed by atoms with van der Waals surface area (Å²) in [5.41, 5.74) is -0.309. The Morgan fingerprint density at radius 1 is 1.53 bits per heavy atom. The number of amides is 1. The van der Waals surface area contributed by atoms with Crippen LogP contribution in [0.25, 0.3) is 0 Å². The SMILES string of the molecule is CC(C)(C)OC(=O)NC(=N)c1ncccc1C#N.Cl. The van der Waals surface area contributed by atoms with Crippen molar-refractivity contribution < 1.29 is 9.53 Å². The van der Waals surface area contributed by atoms with Gasteiger partial charge in [0.25, 0.3) is 0 Å². The van der Waals surface area contributed by atoms with Crippen molar-refractivity contribution >= 4 is 24.3 Å². The van der Waals surface area contributed by atoms with Gasteiger partial charge in [0, 0.05) is 6.20 Å². The van der Waals surface area contributed by atoms with Gasteiger partial charge < -0.3 is 4.74 Å². The van der Waals surface area contributed by atoms with Gasteiger partial charge in [0.1, 0.15) is 17.4 Å². The van der Waals surface area contributed by atoms with E-state index < -0.39 is 11.7 Å². The molecule has 7 heteroatoms. The van der Waals surface area contributed by atoms with Gasteiger partial charge in [0.15, 0.2) is 5.84 Å². The Kier molecular flexibility index (Phi) is 5.96. The van der Waals surface area contributed by atoms with Crippen molar-refractivity contribution in [2.24, 2.45) is 0 Å². The predicted molar refractivity (Wildman–Crippen MR) is 72.4 cm³/mol. The van der Waals surface area contributed by atoms with Crippen LogP contribution < -0.4 is 5.32 Å². The van der Waals surface area contributed by atoms with Crippen LogP contribution in [0.4, 0.5) is 4.79 Å². The smallest absolute Gasteiger partial charge is 0.413 e. The Morgan fingerprint density at radius 3 is 2.68 bits per heavy atom. The summed E-state index contributed by atoms with van der Waals surface area (Å²) in [6.07, 6.45) is 0.698. The number of hydrogen-bond acceptors (Lipinski definition) is 5. The number of nitrogens with zero attached hydrogens (tertiary/aromatic N) is 2. The summed E-state index contributed by atoms with van der Waals surface area (Å²) in [6, 6.07) is 5.01. The monoisotopic (exact) mass is 282 g/mol. The van der Waals surface area contributed by atoms with Crippen LogP contribution in [-0.4, -0.2) is 22.5 Å². The van der Waals surface area contributed by atoms with Gasteiger partial charge in [-0.3, -0.25) is 15.7 Å². The number of pyridine rings is 1. The lowest BCUT2D eigenvalue weighted by atomic mass is 10.2. The number of alkyl carbamates (subject to hydrolysis) is 1. The summed E-state index contributed by atoms with van der Waals surface area (Å²) < 4.78 is 5.00. The van der Waals surface area contributed by atoms with Crippen LogP contribution in [0.2, 0.25) is 0 Å². The number of halogens is 1. The van der Waals surface area contributed by atoms with Gasteiger partial charge in [-0.2, -0.15) is 5.26 Å². The van der Waals surface area contributed by atoms with E-state index in [0.717, 1.165) is 0 Å². The summed E-state index contributed by atoms with van der Waals surface area (Å²) in [6.45, 7) is 5.16. The van der Waals surface area contributed by atoms with E-state index in [1.54, 1.807) is 26.8 Å². The van der Waals surface area contributed by atoms with Gasteiger partial charge in [-0.1, -0.05) is 0 Å². The number of carbonyl (C=O) groups is 1. The van der Waals surface area contributed by atoms with E-state index >= 15 is 0 Å². The average molecular weight is 283 g/mol. The quantitative estimate of drug-likeness (QED) is 0.609. The minimum atomic E-state index is -0.748. The fourth-order valence-electron chi connectivity index (χ4n) is 1.16. The Labute approximate surface area is 117 Å². The second kappa shape index (κ2) is 6.71. The predicted octanol–water partition coefficient (Wildman–Crippen LogP) is 2.23. The summed E-state index contributed by atoms with van der Waals surface area (Å²) in [7, 11) is 0. The molecule has 0 saturated carbocycles. The molecule has 0 fully saturated rings. The van der Waals surface area contributed by atoms with E-state index in [4.69, 9.17) is 15.4 Å². The maximum Gasteiger partial charge on any atom is 0.413 e. The molecule has 0 atom stereocenters. The molecule has 1 aromatic heterocycles. The number of rotatable bonds is 1. The maximum absolute atomic E-state index is 11.5. The van der Waals surface area contributed by atoms with Gasteiger partial charge in [-0.25, -0.2) is 4.79 Å². The van der Waals surface area contributed by atoms with Gasteiger partial charge >= 0.3 is 6.09 Å². The van der Waals surface area contributed by atoms with E-state index in [9.17, 15) is 4.79 Å². The minimum absolute atomic E-state index is 0. The molecule has 1 rings (SSSR count). The molecule has 2 N–H and O–H groups in total. The second-order valence-corrected chi connectivity index (χ2v) is 4.51. The third-order valence-electron chi connectivity index (χ3n) is 1.79. The van der Waals surface area contributed by atoms with Crippen LogP contribution in [-0.2, 0) is 4.74 Å². The van der Waals surface area contributed by atoms with Gasteiger partial charge in [0.05, 0.1) is 5.56 Å². The van der Waals surface area contributed by atoms with E-state index in [0.29, 0.717) is 0 Å². The van der Waals surface area contributed by atoms with Crippen LogP contribution in [0, 0.1) is 16.7 Å². The van der Waals surface area contributed by atoms with E-state index in [1.807, 2.05) is 6.07 Å². The minimum Gasteiger partial charge on any atom is -0.444 e. The number of carbonyl (C=O) groups excluding carboxylic acids is 1. The molecule has 0 bridgehead atoms. The largest absolute Gasteiger partial charge is 0.444 e. The third kappa shape index (κ3) is 5.36. The molecule has 6 nitrogen and oxygen atoms in total. The number of aromatic nitrogens is 1. The highest BCUT2D eigenvalue weighted by molar-refractivity contribution is 6.04. The van der Waals surface area contributed by atoms with Crippen molar-refractivity contribution in [2.45, 2.75) is 26.4 Å². The van der Waals surface area contributed by atoms with E-state index in [-0.39, 0.29) is 29.5 Å². The lowest BCUT2D eigenvalue weighted by Crippen LogP contribution is -2.37. The highest BCUT2D eigenvalue weighted by Gasteiger charge is 2.18. The van der Waals surface area contributed by atoms with Crippen molar-refractivity contribution in [3.63, 3.8) is 0 Å². The molecule has 0 aromatic carbocycles. The van der Waals surface area contributed by atoms with Gasteiger partial charge in [-0.05, 0) is 32.9 Å². The molecule has 1 amide bonds. The first kappa shape index (κ1) is 16.9. The summed E-state index contributed by atoms with van der Waals surface area (Å²) >= 11 is 0. The van der Waals surface area contributed by atoms with Gasteiger partial charge in [0.2, 0.25) is 0 Å². The molecule has 0 spiro atoms. The summed E-state index contributed by atoms with van der Waals surface area (Å²) in [4.78, 5) is 15.3. The first-order valence-electron chi connectivity index (χ1n) is 5.27. The first-order chi connectivity index (χ1) is 8.33. The first-order valence-corrected chi connectivity index (χ1v) is 5.27. The molecular weight excluding hydrogens is 268 g/mol. The zero-order chi connectivity index (χ0) is 13.8. The molecule has 1 heterocycles. The molecule has 0 radical (unpaired) electrons. The fourth-order valence-corrected chi connectivity index (χ4v) is 1.16. The Hall–Kier alpha value is -2.13. The number of amidine groups is 1. The van der Waals surface area contributed by atoms with Crippen LogP contribution in [0.1, 0.15) is 32.0 Å². The zero-order valence-corrected chi connectivity index (χ0v) is 11.7. The molecule has 0 saturated heterocycles. The highest BCUT2D eigenvalue weighted by atomic mass is 35.5. The van der Waals surface area contributed by atoms with Crippen LogP contribution in [0.15, 0.2) is 18.3 Å². The Balaban J connectivity index is 0.00000324. The van der Waals surface area contributed by atoms with Crippen molar-refractivity contribution in [3.8, 4) is 6.07 Å². The molecule has 0 aliphatic rings. The number of hydrogen-bond donors (Lipinski definition) is 2.